The molecular weight excluding hydrogens is 234 g/mol. The predicted molar refractivity (Wildman–Crippen MR) is 68.6 cm³/mol. The first-order valence-corrected chi connectivity index (χ1v) is 5.93. The summed E-state index contributed by atoms with van der Waals surface area (Å²) < 4.78 is 32.6. The van der Waals surface area contributed by atoms with Gasteiger partial charge in [-0.05, 0) is 60.0 Å². The Hall–Kier alpha value is -1.28. The molecule has 1 aromatic carbocycles. The van der Waals surface area contributed by atoms with Crippen LogP contribution in [0.2, 0.25) is 5.02 Å². The van der Waals surface area contributed by atoms with Crippen molar-refractivity contribution < 1.29 is 10.3 Å². The van der Waals surface area contributed by atoms with E-state index in [9.17, 15) is 4.79 Å². The fraction of sp³-hybridized carbons (Fsp3) is 0.357. The van der Waals surface area contributed by atoms with Gasteiger partial charge in [-0.1, -0.05) is 17.6 Å². The van der Waals surface area contributed by atoms with Crippen molar-refractivity contribution in [2.24, 2.45) is 11.7 Å². The Morgan fingerprint density at radius 2 is 2.47 bits per heavy atom. The lowest BCUT2D eigenvalue weighted by Gasteiger charge is -2.22. The Morgan fingerprint density at radius 1 is 1.65 bits per heavy atom. The third-order valence-corrected chi connectivity index (χ3v) is 3.56. The van der Waals surface area contributed by atoms with Crippen molar-refractivity contribution in [3.8, 4) is 0 Å². The average Bonchev–Trinajstić information content (AvgIpc) is 2.77. The summed E-state index contributed by atoms with van der Waals surface area (Å²) in [6, 6.07) is 1.61. The number of allylic oxidation sites excluding steroid dienone is 1. The molecule has 17 heavy (non-hydrogen) atoms. The lowest BCUT2D eigenvalue weighted by atomic mass is 9.82. The van der Waals surface area contributed by atoms with Crippen LogP contribution in [0, 0.1) is 5.92 Å². The standard InChI is InChI=1S/C14H14ClNO/c15-9-5-4-8-6-13-10(12(8)7-9)2-1-3-11(13)14(16)17/h4-5,7,11H,1-3,6H2,(H2,16,17)/i2D2,4D,7D. The van der Waals surface area contributed by atoms with Crippen molar-refractivity contribution in [1.29, 1.82) is 0 Å². The molecule has 1 amide bonds. The summed E-state index contributed by atoms with van der Waals surface area (Å²) in [7, 11) is 0. The van der Waals surface area contributed by atoms with E-state index < -0.39 is 18.2 Å². The molecule has 0 aromatic heterocycles. The quantitative estimate of drug-likeness (QED) is 0.819. The molecule has 0 spiro atoms. The van der Waals surface area contributed by atoms with E-state index in [0.29, 0.717) is 35.1 Å². The van der Waals surface area contributed by atoms with Gasteiger partial charge in [0.05, 0.1) is 8.66 Å². The zero-order valence-corrected chi connectivity index (χ0v) is 9.90. The summed E-state index contributed by atoms with van der Waals surface area (Å²) in [6.45, 7) is 0. The lowest BCUT2D eigenvalue weighted by Crippen LogP contribution is -2.27. The summed E-state index contributed by atoms with van der Waals surface area (Å²) in [5.74, 6) is -0.997. The molecule has 88 valence electrons. The first-order valence-electron chi connectivity index (χ1n) is 7.56. The Bertz CT molecular complexity index is 699. The van der Waals surface area contributed by atoms with Gasteiger partial charge < -0.3 is 5.73 Å². The van der Waals surface area contributed by atoms with E-state index in [1.165, 1.54) is 6.07 Å². The van der Waals surface area contributed by atoms with Crippen LogP contribution in [0.5, 0.6) is 0 Å². The third kappa shape index (κ3) is 1.67. The highest BCUT2D eigenvalue weighted by molar-refractivity contribution is 6.30. The number of hydrogen-bond acceptors (Lipinski definition) is 1. The number of carbonyl (C=O) groups is 1. The Labute approximate surface area is 111 Å². The van der Waals surface area contributed by atoms with E-state index in [4.69, 9.17) is 22.8 Å². The van der Waals surface area contributed by atoms with E-state index in [-0.39, 0.29) is 23.5 Å². The highest BCUT2D eigenvalue weighted by atomic mass is 35.5. The summed E-state index contributed by atoms with van der Waals surface area (Å²) in [5.41, 5.74) is 7.38. The molecule has 2 N–H and O–H groups in total. The Morgan fingerprint density at radius 3 is 3.24 bits per heavy atom. The number of fused-ring (bicyclic) bond motifs is 2. The molecule has 2 aliphatic carbocycles. The normalized spacial score (nSPS) is 28.6. The number of primary amides is 1. The maximum Gasteiger partial charge on any atom is 0.224 e. The molecule has 0 radical (unpaired) electrons. The van der Waals surface area contributed by atoms with Crippen LogP contribution in [0.15, 0.2) is 23.7 Å². The number of rotatable bonds is 1. The van der Waals surface area contributed by atoms with Gasteiger partial charge in [0.15, 0.2) is 0 Å². The van der Waals surface area contributed by atoms with Crippen LogP contribution >= 0.6 is 11.6 Å². The maximum atomic E-state index is 11.6. The molecule has 3 rings (SSSR count). The molecule has 0 aliphatic heterocycles. The fourth-order valence-electron chi connectivity index (χ4n) is 2.57. The minimum absolute atomic E-state index is 0.0293. The van der Waals surface area contributed by atoms with Gasteiger partial charge in [0.25, 0.3) is 0 Å². The third-order valence-electron chi connectivity index (χ3n) is 3.36. The lowest BCUT2D eigenvalue weighted by molar-refractivity contribution is -0.121. The van der Waals surface area contributed by atoms with Crippen LogP contribution in [0.25, 0.3) is 5.57 Å². The maximum absolute atomic E-state index is 11.6. The fourth-order valence-corrected chi connectivity index (χ4v) is 2.72. The van der Waals surface area contributed by atoms with E-state index in [2.05, 4.69) is 0 Å². The Kier molecular flexibility index (Phi) is 1.65. The molecule has 0 heterocycles. The summed E-state index contributed by atoms with van der Waals surface area (Å²) in [5, 5.41) is 0.129. The van der Waals surface area contributed by atoms with Crippen LogP contribution < -0.4 is 5.73 Å². The molecule has 2 aliphatic rings. The van der Waals surface area contributed by atoms with Gasteiger partial charge >= 0.3 is 0 Å². The number of amides is 1. The van der Waals surface area contributed by atoms with Crippen molar-refractivity contribution >= 4 is 23.1 Å². The number of benzene rings is 1. The topological polar surface area (TPSA) is 43.1 Å². The predicted octanol–water partition coefficient (Wildman–Crippen LogP) is 2.94. The van der Waals surface area contributed by atoms with Gasteiger partial charge in [0.1, 0.15) is 0 Å². The highest BCUT2D eigenvalue weighted by Crippen LogP contribution is 2.44. The zero-order chi connectivity index (χ0) is 15.5. The van der Waals surface area contributed by atoms with E-state index in [0.717, 1.165) is 0 Å². The molecule has 1 aromatic rings. The summed E-state index contributed by atoms with van der Waals surface area (Å²) in [4.78, 5) is 11.6. The van der Waals surface area contributed by atoms with Crippen molar-refractivity contribution in [3.63, 3.8) is 0 Å². The van der Waals surface area contributed by atoms with Crippen molar-refractivity contribution in [2.75, 3.05) is 0 Å². The van der Waals surface area contributed by atoms with Crippen LogP contribution in [0.3, 0.4) is 0 Å². The Balaban J connectivity index is 2.30. The van der Waals surface area contributed by atoms with Crippen molar-refractivity contribution in [1.82, 2.24) is 0 Å². The number of halogens is 1. The summed E-state index contributed by atoms with van der Waals surface area (Å²) in [6.07, 6.45) is -0.777. The SMILES string of the molecule is [2H]c1cc(Cl)c([2H])c2c1CC1=C2C([2H])([2H])CCC1C(N)=O. The molecule has 3 heteroatoms. The smallest absolute Gasteiger partial charge is 0.224 e. The second kappa shape index (κ2) is 3.88. The highest BCUT2D eigenvalue weighted by Gasteiger charge is 2.32. The van der Waals surface area contributed by atoms with Crippen LogP contribution in [0.1, 0.15) is 35.8 Å². The number of hydrogen-bond donors (Lipinski definition) is 1. The first kappa shape index (κ1) is 7.22. The van der Waals surface area contributed by atoms with Gasteiger partial charge in [-0.3, -0.25) is 4.79 Å². The molecule has 0 bridgehead atoms. The zero-order valence-electron chi connectivity index (χ0n) is 13.1. The van der Waals surface area contributed by atoms with Gasteiger partial charge in [-0.2, -0.15) is 0 Å². The molecular formula is C14H14ClNO. The molecule has 2 nitrogen and oxygen atoms in total. The van der Waals surface area contributed by atoms with Crippen molar-refractivity contribution in [2.45, 2.75) is 25.6 Å². The molecule has 1 atom stereocenters. The number of nitrogens with two attached hydrogens (primary N) is 1. The van der Waals surface area contributed by atoms with Crippen LogP contribution in [-0.2, 0) is 11.2 Å². The van der Waals surface area contributed by atoms with Crippen molar-refractivity contribution in [3.05, 3.63) is 39.9 Å². The second-order valence-electron chi connectivity index (χ2n) is 4.36. The number of carbonyl (C=O) groups excluding carboxylic acids is 1. The van der Waals surface area contributed by atoms with E-state index in [1.54, 1.807) is 0 Å². The van der Waals surface area contributed by atoms with E-state index in [1.807, 2.05) is 0 Å². The molecule has 0 fully saturated rings. The molecule has 0 saturated carbocycles. The van der Waals surface area contributed by atoms with Gasteiger partial charge in [-0.15, -0.1) is 0 Å². The average molecular weight is 252 g/mol. The van der Waals surface area contributed by atoms with Gasteiger partial charge in [-0.25, -0.2) is 0 Å². The minimum atomic E-state index is -1.63. The first-order chi connectivity index (χ1) is 9.74. The van der Waals surface area contributed by atoms with Gasteiger partial charge in [0, 0.05) is 7.76 Å². The summed E-state index contributed by atoms with van der Waals surface area (Å²) >= 11 is 5.98. The van der Waals surface area contributed by atoms with E-state index >= 15 is 0 Å². The molecule has 0 saturated heterocycles. The van der Waals surface area contributed by atoms with Crippen LogP contribution in [0.4, 0.5) is 0 Å². The largest absolute Gasteiger partial charge is 0.369 e. The monoisotopic (exact) mass is 251 g/mol. The van der Waals surface area contributed by atoms with Crippen LogP contribution in [-0.4, -0.2) is 5.91 Å². The second-order valence-corrected chi connectivity index (χ2v) is 4.77. The minimum Gasteiger partial charge on any atom is -0.369 e. The molecule has 1 unspecified atom stereocenters. The van der Waals surface area contributed by atoms with Gasteiger partial charge in [0.2, 0.25) is 5.91 Å².